The lowest BCUT2D eigenvalue weighted by molar-refractivity contribution is -0.140. The van der Waals surface area contributed by atoms with E-state index in [9.17, 15) is 4.79 Å². The van der Waals surface area contributed by atoms with E-state index in [-0.39, 0.29) is 12.5 Å². The minimum absolute atomic E-state index is 0.0544. The number of carbonyl (C=O) groups is 1. The largest absolute Gasteiger partial charge is 0.481 e. The van der Waals surface area contributed by atoms with Gasteiger partial charge in [-0.25, -0.2) is 0 Å². The molecule has 2 N–H and O–H groups in total. The summed E-state index contributed by atoms with van der Waals surface area (Å²) in [6.07, 6.45) is 0.544. The van der Waals surface area contributed by atoms with E-state index in [0.717, 1.165) is 5.56 Å². The third-order valence-corrected chi connectivity index (χ3v) is 3.00. The van der Waals surface area contributed by atoms with Crippen molar-refractivity contribution in [2.24, 2.45) is 5.92 Å². The summed E-state index contributed by atoms with van der Waals surface area (Å²) < 4.78 is 0. The van der Waals surface area contributed by atoms with Crippen molar-refractivity contribution in [3.8, 4) is 0 Å². The van der Waals surface area contributed by atoms with Crippen molar-refractivity contribution in [3.63, 3.8) is 0 Å². The van der Waals surface area contributed by atoms with Crippen molar-refractivity contribution in [2.45, 2.75) is 11.8 Å². The molecule has 0 spiro atoms. The number of rotatable bonds is 3. The molecule has 0 heterocycles. The third-order valence-electron chi connectivity index (χ3n) is 3.00. The first-order chi connectivity index (χ1) is 6.71. The molecule has 2 atom stereocenters. The van der Waals surface area contributed by atoms with Crippen molar-refractivity contribution in [3.05, 3.63) is 35.9 Å². The second-order valence-electron chi connectivity index (χ2n) is 3.73. The lowest BCUT2D eigenvalue weighted by Crippen LogP contribution is -2.23. The molecule has 14 heavy (non-hydrogen) atoms. The molecule has 0 amide bonds. The molecule has 2 rings (SSSR count). The van der Waals surface area contributed by atoms with E-state index in [1.165, 1.54) is 0 Å². The second kappa shape index (κ2) is 3.10. The van der Waals surface area contributed by atoms with Gasteiger partial charge in [-0.2, -0.15) is 0 Å². The maximum absolute atomic E-state index is 11.1. The van der Waals surface area contributed by atoms with E-state index in [2.05, 4.69) is 0 Å². The van der Waals surface area contributed by atoms with Crippen molar-refractivity contribution in [2.75, 3.05) is 6.61 Å². The van der Waals surface area contributed by atoms with Gasteiger partial charge in [0.15, 0.2) is 0 Å². The zero-order valence-electron chi connectivity index (χ0n) is 7.68. The molecule has 1 saturated carbocycles. The SMILES string of the molecule is O=C(O)[C@@]1(c2ccccc2)C[C@H]1CO. The molecule has 1 aromatic carbocycles. The van der Waals surface area contributed by atoms with Gasteiger partial charge >= 0.3 is 5.97 Å². The Bertz CT molecular complexity index is 347. The van der Waals surface area contributed by atoms with Crippen LogP contribution in [0.2, 0.25) is 0 Å². The van der Waals surface area contributed by atoms with E-state index >= 15 is 0 Å². The minimum atomic E-state index is -0.831. The maximum Gasteiger partial charge on any atom is 0.314 e. The van der Waals surface area contributed by atoms with Crippen LogP contribution in [0.25, 0.3) is 0 Å². The highest BCUT2D eigenvalue weighted by molar-refractivity contribution is 5.85. The molecule has 0 saturated heterocycles. The summed E-state index contributed by atoms with van der Waals surface area (Å²) in [4.78, 5) is 11.1. The van der Waals surface area contributed by atoms with Crippen molar-refractivity contribution in [1.29, 1.82) is 0 Å². The normalized spacial score (nSPS) is 29.9. The van der Waals surface area contributed by atoms with Gasteiger partial charge in [-0.3, -0.25) is 4.79 Å². The molecule has 74 valence electrons. The van der Waals surface area contributed by atoms with Crippen LogP contribution >= 0.6 is 0 Å². The molecule has 0 aliphatic heterocycles. The molecule has 1 aliphatic carbocycles. The van der Waals surface area contributed by atoms with E-state index < -0.39 is 11.4 Å². The van der Waals surface area contributed by atoms with E-state index in [1.807, 2.05) is 30.3 Å². The summed E-state index contributed by atoms with van der Waals surface area (Å²) in [6, 6.07) is 9.13. The second-order valence-corrected chi connectivity index (χ2v) is 3.73. The lowest BCUT2D eigenvalue weighted by Gasteiger charge is -2.11. The maximum atomic E-state index is 11.1. The smallest absolute Gasteiger partial charge is 0.314 e. The molecule has 0 unspecified atom stereocenters. The summed E-state index contributed by atoms with van der Waals surface area (Å²) in [5.41, 5.74) is -0.0257. The fourth-order valence-corrected chi connectivity index (χ4v) is 2.02. The molecule has 0 aromatic heterocycles. The number of hydrogen-bond acceptors (Lipinski definition) is 2. The Labute approximate surface area is 82.0 Å². The van der Waals surface area contributed by atoms with Gasteiger partial charge in [0.2, 0.25) is 0 Å². The first-order valence-corrected chi connectivity index (χ1v) is 4.61. The molecule has 0 radical (unpaired) electrons. The zero-order chi connectivity index (χ0) is 10.2. The van der Waals surface area contributed by atoms with Gasteiger partial charge in [-0.1, -0.05) is 30.3 Å². The van der Waals surface area contributed by atoms with Crippen molar-refractivity contribution >= 4 is 5.97 Å². The molecule has 0 bridgehead atoms. The van der Waals surface area contributed by atoms with Crippen LogP contribution in [0.4, 0.5) is 0 Å². The Kier molecular flexibility index (Phi) is 2.04. The summed E-state index contributed by atoms with van der Waals surface area (Å²) in [6.45, 7) is -0.0544. The number of aliphatic hydroxyl groups excluding tert-OH is 1. The minimum Gasteiger partial charge on any atom is -0.481 e. The van der Waals surface area contributed by atoms with Crippen LogP contribution < -0.4 is 0 Å². The Morgan fingerprint density at radius 2 is 2.07 bits per heavy atom. The van der Waals surface area contributed by atoms with E-state index in [0.29, 0.717) is 6.42 Å². The van der Waals surface area contributed by atoms with Gasteiger partial charge in [-0.05, 0) is 12.0 Å². The molecular formula is C11H12O3. The molecule has 1 fully saturated rings. The predicted octanol–water partition coefficient (Wildman–Crippen LogP) is 1.02. The quantitative estimate of drug-likeness (QED) is 0.751. The van der Waals surface area contributed by atoms with Crippen LogP contribution in [-0.2, 0) is 10.2 Å². The van der Waals surface area contributed by atoms with Gasteiger partial charge in [0, 0.05) is 12.5 Å². The molecule has 3 nitrogen and oxygen atoms in total. The number of benzene rings is 1. The van der Waals surface area contributed by atoms with Crippen LogP contribution in [-0.4, -0.2) is 22.8 Å². The highest BCUT2D eigenvalue weighted by Gasteiger charge is 2.61. The Hall–Kier alpha value is -1.35. The van der Waals surface area contributed by atoms with Gasteiger partial charge in [0.1, 0.15) is 0 Å². The monoisotopic (exact) mass is 192 g/mol. The summed E-state index contributed by atoms with van der Waals surface area (Å²) in [5, 5.41) is 18.1. The fraction of sp³-hybridized carbons (Fsp3) is 0.364. The first kappa shape index (κ1) is 9.21. The van der Waals surface area contributed by atoms with Gasteiger partial charge in [0.05, 0.1) is 5.41 Å². The Morgan fingerprint density at radius 1 is 1.43 bits per heavy atom. The summed E-state index contributed by atoms with van der Waals surface area (Å²) in [7, 11) is 0. The van der Waals surface area contributed by atoms with Crippen LogP contribution in [0.3, 0.4) is 0 Å². The zero-order valence-corrected chi connectivity index (χ0v) is 7.68. The average Bonchev–Trinajstić information content (AvgIpc) is 2.94. The average molecular weight is 192 g/mol. The number of hydrogen-bond donors (Lipinski definition) is 2. The molecular weight excluding hydrogens is 180 g/mol. The highest BCUT2D eigenvalue weighted by Crippen LogP contribution is 2.54. The number of aliphatic carboxylic acids is 1. The Balaban J connectivity index is 2.36. The van der Waals surface area contributed by atoms with Gasteiger partial charge in [0.25, 0.3) is 0 Å². The fourth-order valence-electron chi connectivity index (χ4n) is 2.02. The predicted molar refractivity (Wildman–Crippen MR) is 50.9 cm³/mol. The van der Waals surface area contributed by atoms with Gasteiger partial charge < -0.3 is 10.2 Å². The van der Waals surface area contributed by atoms with Crippen LogP contribution in [0.1, 0.15) is 12.0 Å². The Morgan fingerprint density at radius 3 is 2.50 bits per heavy atom. The third kappa shape index (κ3) is 1.13. The van der Waals surface area contributed by atoms with Gasteiger partial charge in [-0.15, -0.1) is 0 Å². The summed E-state index contributed by atoms with van der Waals surface area (Å²) >= 11 is 0. The lowest BCUT2D eigenvalue weighted by atomic mass is 9.93. The first-order valence-electron chi connectivity index (χ1n) is 4.61. The summed E-state index contributed by atoms with van der Waals surface area (Å²) in [5.74, 6) is -0.954. The highest BCUT2D eigenvalue weighted by atomic mass is 16.4. The molecule has 3 heteroatoms. The van der Waals surface area contributed by atoms with E-state index in [4.69, 9.17) is 10.2 Å². The molecule has 1 aromatic rings. The van der Waals surface area contributed by atoms with Crippen LogP contribution in [0.15, 0.2) is 30.3 Å². The van der Waals surface area contributed by atoms with Crippen molar-refractivity contribution < 1.29 is 15.0 Å². The van der Waals surface area contributed by atoms with E-state index in [1.54, 1.807) is 0 Å². The molecule has 1 aliphatic rings. The van der Waals surface area contributed by atoms with Crippen LogP contribution in [0, 0.1) is 5.92 Å². The topological polar surface area (TPSA) is 57.5 Å². The standard InChI is InChI=1S/C11H12O3/c12-7-9-6-11(9,10(13)14)8-4-2-1-3-5-8/h1-5,9,12H,6-7H2,(H,13,14)/t9-,11+/m0/s1. The van der Waals surface area contributed by atoms with Crippen molar-refractivity contribution in [1.82, 2.24) is 0 Å². The number of aliphatic hydroxyl groups is 1. The van der Waals surface area contributed by atoms with Crippen LogP contribution in [0.5, 0.6) is 0 Å². The number of carboxylic acid groups (broad SMARTS) is 1. The number of carboxylic acids is 1.